The number of aliphatic hydroxyl groups is 2. The van der Waals surface area contributed by atoms with E-state index in [0.29, 0.717) is 0 Å². The Labute approximate surface area is 85.1 Å². The molecule has 78 valence electrons. The van der Waals surface area contributed by atoms with Gasteiger partial charge in [0.15, 0.2) is 0 Å². The SMILES string of the molecule is NCC(O)C(O)c1cc(Cl)c[nH]c1=O. The van der Waals surface area contributed by atoms with Gasteiger partial charge in [0, 0.05) is 18.3 Å². The molecule has 0 aromatic carbocycles. The third kappa shape index (κ3) is 2.33. The van der Waals surface area contributed by atoms with Crippen LogP contribution in [0.4, 0.5) is 0 Å². The number of pyridine rings is 1. The zero-order valence-corrected chi connectivity index (χ0v) is 8.03. The van der Waals surface area contributed by atoms with Gasteiger partial charge in [0.05, 0.1) is 11.1 Å². The van der Waals surface area contributed by atoms with Crippen LogP contribution >= 0.6 is 11.6 Å². The Hall–Kier alpha value is -0.880. The minimum atomic E-state index is -1.32. The van der Waals surface area contributed by atoms with E-state index in [4.69, 9.17) is 17.3 Å². The van der Waals surface area contributed by atoms with E-state index >= 15 is 0 Å². The second-order valence-corrected chi connectivity index (χ2v) is 3.29. The second kappa shape index (κ2) is 4.56. The summed E-state index contributed by atoms with van der Waals surface area (Å²) >= 11 is 5.61. The maximum absolute atomic E-state index is 11.2. The quantitative estimate of drug-likeness (QED) is 0.544. The van der Waals surface area contributed by atoms with Crippen molar-refractivity contribution in [3.63, 3.8) is 0 Å². The Balaban J connectivity index is 3.05. The number of hydrogen-bond donors (Lipinski definition) is 4. The molecule has 6 heteroatoms. The highest BCUT2D eigenvalue weighted by Gasteiger charge is 2.19. The van der Waals surface area contributed by atoms with Crippen LogP contribution < -0.4 is 11.3 Å². The van der Waals surface area contributed by atoms with Gasteiger partial charge in [-0.1, -0.05) is 11.6 Å². The van der Waals surface area contributed by atoms with Gasteiger partial charge >= 0.3 is 0 Å². The Morgan fingerprint density at radius 3 is 2.79 bits per heavy atom. The maximum Gasteiger partial charge on any atom is 0.253 e. The van der Waals surface area contributed by atoms with Crippen molar-refractivity contribution in [3.8, 4) is 0 Å². The van der Waals surface area contributed by atoms with Crippen molar-refractivity contribution in [2.75, 3.05) is 6.54 Å². The van der Waals surface area contributed by atoms with E-state index in [0.717, 1.165) is 0 Å². The lowest BCUT2D eigenvalue weighted by Gasteiger charge is -2.15. The molecule has 0 saturated carbocycles. The lowest BCUT2D eigenvalue weighted by molar-refractivity contribution is 0.0235. The van der Waals surface area contributed by atoms with E-state index < -0.39 is 17.8 Å². The molecule has 0 radical (unpaired) electrons. The van der Waals surface area contributed by atoms with Gasteiger partial charge in [-0.25, -0.2) is 0 Å². The molecule has 2 atom stereocenters. The topological polar surface area (TPSA) is 99.3 Å². The molecule has 0 aliphatic carbocycles. The molecular formula is C8H11ClN2O3. The van der Waals surface area contributed by atoms with Crippen LogP contribution in [0.25, 0.3) is 0 Å². The van der Waals surface area contributed by atoms with E-state index in [2.05, 4.69) is 4.98 Å². The Kier molecular flexibility index (Phi) is 3.65. The molecule has 0 saturated heterocycles. The molecule has 5 N–H and O–H groups in total. The van der Waals surface area contributed by atoms with Crippen LogP contribution in [0, 0.1) is 0 Å². The molecule has 1 aromatic rings. The third-order valence-corrected chi connectivity index (χ3v) is 2.04. The number of nitrogens with one attached hydrogen (secondary N) is 1. The molecule has 14 heavy (non-hydrogen) atoms. The average Bonchev–Trinajstić information content (AvgIpc) is 2.19. The Morgan fingerprint density at radius 1 is 1.57 bits per heavy atom. The summed E-state index contributed by atoms with van der Waals surface area (Å²) in [6, 6.07) is 1.30. The minimum absolute atomic E-state index is 0.00968. The number of halogens is 1. The molecule has 1 aromatic heterocycles. The van der Waals surface area contributed by atoms with Gasteiger partial charge in [-0.2, -0.15) is 0 Å². The fourth-order valence-corrected chi connectivity index (χ4v) is 1.20. The van der Waals surface area contributed by atoms with Crippen molar-refractivity contribution >= 4 is 11.6 Å². The lowest BCUT2D eigenvalue weighted by Crippen LogP contribution is -2.30. The summed E-state index contributed by atoms with van der Waals surface area (Å²) in [7, 11) is 0. The number of H-pyrrole nitrogens is 1. The van der Waals surface area contributed by atoms with Crippen molar-refractivity contribution in [3.05, 3.63) is 33.2 Å². The highest BCUT2D eigenvalue weighted by Crippen LogP contribution is 2.15. The molecule has 0 aliphatic rings. The van der Waals surface area contributed by atoms with E-state index in [9.17, 15) is 15.0 Å². The van der Waals surface area contributed by atoms with Crippen LogP contribution in [-0.4, -0.2) is 27.8 Å². The van der Waals surface area contributed by atoms with Crippen molar-refractivity contribution in [2.45, 2.75) is 12.2 Å². The first-order chi connectivity index (χ1) is 6.56. The molecule has 0 bridgehead atoms. The van der Waals surface area contributed by atoms with Crippen LogP contribution in [-0.2, 0) is 0 Å². The van der Waals surface area contributed by atoms with E-state index in [1.54, 1.807) is 0 Å². The second-order valence-electron chi connectivity index (χ2n) is 2.85. The summed E-state index contributed by atoms with van der Waals surface area (Å²) in [5, 5.41) is 19.0. The number of nitrogens with two attached hydrogens (primary N) is 1. The maximum atomic E-state index is 11.2. The predicted molar refractivity (Wildman–Crippen MR) is 52.1 cm³/mol. The molecule has 0 aliphatic heterocycles. The monoisotopic (exact) mass is 218 g/mol. The molecule has 0 fully saturated rings. The van der Waals surface area contributed by atoms with E-state index in [1.807, 2.05) is 0 Å². The first-order valence-electron chi connectivity index (χ1n) is 4.00. The molecule has 1 rings (SSSR count). The summed E-state index contributed by atoms with van der Waals surface area (Å²) < 4.78 is 0. The highest BCUT2D eigenvalue weighted by atomic mass is 35.5. The fraction of sp³-hybridized carbons (Fsp3) is 0.375. The van der Waals surface area contributed by atoms with Crippen LogP contribution in [0.1, 0.15) is 11.7 Å². The van der Waals surface area contributed by atoms with Crippen LogP contribution in [0.2, 0.25) is 5.02 Å². The van der Waals surface area contributed by atoms with Gasteiger partial charge in [-0.15, -0.1) is 0 Å². The summed E-state index contributed by atoms with van der Waals surface area (Å²) in [6.07, 6.45) is -1.19. The summed E-state index contributed by atoms with van der Waals surface area (Å²) in [5.74, 6) is 0. The van der Waals surface area contributed by atoms with Crippen molar-refractivity contribution in [1.82, 2.24) is 4.98 Å². The van der Waals surface area contributed by atoms with E-state index in [1.165, 1.54) is 12.3 Å². The molecule has 0 amide bonds. The number of rotatable bonds is 3. The van der Waals surface area contributed by atoms with Crippen LogP contribution in [0.3, 0.4) is 0 Å². The van der Waals surface area contributed by atoms with Crippen LogP contribution in [0.5, 0.6) is 0 Å². The smallest absolute Gasteiger partial charge is 0.253 e. The zero-order valence-electron chi connectivity index (χ0n) is 7.27. The molecule has 5 nitrogen and oxygen atoms in total. The fourth-order valence-electron chi connectivity index (χ4n) is 1.03. The van der Waals surface area contributed by atoms with Gasteiger partial charge in [0.25, 0.3) is 5.56 Å². The van der Waals surface area contributed by atoms with Gasteiger partial charge in [-0.3, -0.25) is 4.79 Å². The standard InChI is InChI=1S/C8H11ClN2O3/c9-4-1-5(8(14)11-3-4)7(13)6(12)2-10/h1,3,6-7,12-13H,2,10H2,(H,11,14). The van der Waals surface area contributed by atoms with Gasteiger partial charge in [0.1, 0.15) is 6.10 Å². The number of hydrogen-bond acceptors (Lipinski definition) is 4. The molecule has 0 spiro atoms. The summed E-state index contributed by atoms with van der Waals surface area (Å²) in [4.78, 5) is 13.5. The van der Waals surface area contributed by atoms with Crippen LogP contribution in [0.15, 0.2) is 17.1 Å². The van der Waals surface area contributed by atoms with E-state index in [-0.39, 0.29) is 17.1 Å². The van der Waals surface area contributed by atoms with Gasteiger partial charge < -0.3 is 20.9 Å². The summed E-state index contributed by atoms with van der Waals surface area (Å²) in [6.45, 7) is -0.132. The Bertz CT molecular complexity index is 366. The lowest BCUT2D eigenvalue weighted by atomic mass is 10.1. The van der Waals surface area contributed by atoms with Crippen molar-refractivity contribution in [1.29, 1.82) is 0 Å². The number of aromatic amines is 1. The first-order valence-corrected chi connectivity index (χ1v) is 4.38. The van der Waals surface area contributed by atoms with Crippen molar-refractivity contribution in [2.24, 2.45) is 5.73 Å². The Morgan fingerprint density at radius 2 is 2.21 bits per heavy atom. The molecule has 2 unspecified atom stereocenters. The average molecular weight is 219 g/mol. The molecular weight excluding hydrogens is 208 g/mol. The molecule has 1 heterocycles. The van der Waals surface area contributed by atoms with Crippen molar-refractivity contribution < 1.29 is 10.2 Å². The number of aliphatic hydroxyl groups excluding tert-OH is 2. The normalized spacial score (nSPS) is 15.1. The largest absolute Gasteiger partial charge is 0.389 e. The predicted octanol–water partition coefficient (Wildman–Crippen LogP) is -0.619. The van der Waals surface area contributed by atoms with Gasteiger partial charge in [-0.05, 0) is 6.07 Å². The third-order valence-electron chi connectivity index (χ3n) is 1.82. The summed E-state index contributed by atoms with van der Waals surface area (Å²) in [5.41, 5.74) is 4.66. The minimum Gasteiger partial charge on any atom is -0.389 e. The highest BCUT2D eigenvalue weighted by molar-refractivity contribution is 6.30. The zero-order chi connectivity index (χ0) is 10.7. The van der Waals surface area contributed by atoms with Gasteiger partial charge in [0.2, 0.25) is 0 Å². The first kappa shape index (κ1) is 11.2. The number of aromatic nitrogens is 1.